The van der Waals surface area contributed by atoms with Gasteiger partial charge >= 0.3 is 5.97 Å². The average molecular weight is 467 g/mol. The molecule has 0 radical (unpaired) electrons. The molecule has 34 heavy (non-hydrogen) atoms. The molecule has 7 atom stereocenters. The highest BCUT2D eigenvalue weighted by atomic mass is 16.5. The van der Waals surface area contributed by atoms with Gasteiger partial charge in [0, 0.05) is 11.8 Å². The second kappa shape index (κ2) is 8.13. The van der Waals surface area contributed by atoms with E-state index in [0.717, 1.165) is 24.8 Å². The molecule has 4 aliphatic rings. The van der Waals surface area contributed by atoms with Crippen LogP contribution in [0.3, 0.4) is 0 Å². The van der Waals surface area contributed by atoms with Gasteiger partial charge in [-0.05, 0) is 79.9 Å². The summed E-state index contributed by atoms with van der Waals surface area (Å²) in [5, 5.41) is 23.2. The van der Waals surface area contributed by atoms with E-state index in [0.29, 0.717) is 31.2 Å². The van der Waals surface area contributed by atoms with Crippen molar-refractivity contribution in [3.63, 3.8) is 0 Å². The Hall–Kier alpha value is -2.31. The van der Waals surface area contributed by atoms with E-state index in [1.807, 2.05) is 6.92 Å². The number of Topliss-reactive ketones (excluding diaryl/α,β-unsaturated/α-hetero) is 1. The number of ether oxygens (including phenoxy) is 1. The Balaban J connectivity index is 1.37. The van der Waals surface area contributed by atoms with Gasteiger partial charge < -0.3 is 14.9 Å². The van der Waals surface area contributed by atoms with Gasteiger partial charge in [0.2, 0.25) is 5.78 Å². The van der Waals surface area contributed by atoms with E-state index in [4.69, 9.17) is 4.74 Å². The van der Waals surface area contributed by atoms with Gasteiger partial charge in [-0.1, -0.05) is 37.6 Å². The highest BCUT2D eigenvalue weighted by Crippen LogP contribution is 2.67. The highest BCUT2D eigenvalue weighted by molar-refractivity contribution is 5.94. The molecule has 4 aliphatic carbocycles. The Morgan fingerprint density at radius 1 is 1.09 bits per heavy atom. The maximum Gasteiger partial charge on any atom is 0.338 e. The highest BCUT2D eigenvalue weighted by Gasteiger charge is 2.68. The Labute approximate surface area is 200 Å². The second-order valence-corrected chi connectivity index (χ2v) is 11.3. The number of esters is 1. The number of hydrogen-bond donors (Lipinski definition) is 2. The molecule has 182 valence electrons. The summed E-state index contributed by atoms with van der Waals surface area (Å²) in [4.78, 5) is 37.7. The topological polar surface area (TPSA) is 101 Å². The lowest BCUT2D eigenvalue weighted by atomic mass is 9.45. The Kier molecular flexibility index (Phi) is 5.60. The average Bonchev–Trinajstić information content (AvgIpc) is 3.09. The molecule has 1 aromatic rings. The largest absolute Gasteiger partial charge is 0.454 e. The molecule has 0 spiro atoms. The maximum absolute atomic E-state index is 13.3. The summed E-state index contributed by atoms with van der Waals surface area (Å²) in [7, 11) is 0. The molecule has 0 bridgehead atoms. The van der Waals surface area contributed by atoms with Crippen LogP contribution in [0.4, 0.5) is 0 Å². The zero-order valence-corrected chi connectivity index (χ0v) is 20.0. The zero-order chi connectivity index (χ0) is 24.3. The van der Waals surface area contributed by atoms with Crippen LogP contribution < -0.4 is 0 Å². The van der Waals surface area contributed by atoms with Crippen LogP contribution in [0, 0.1) is 28.6 Å². The molecule has 1 aromatic carbocycles. The summed E-state index contributed by atoms with van der Waals surface area (Å²) >= 11 is 0. The molecular formula is C28H34O6. The van der Waals surface area contributed by atoms with Crippen molar-refractivity contribution in [1.29, 1.82) is 0 Å². The molecule has 0 saturated heterocycles. The van der Waals surface area contributed by atoms with Crippen LogP contribution in [0.25, 0.3) is 0 Å². The lowest BCUT2D eigenvalue weighted by Crippen LogP contribution is -2.62. The molecule has 3 fully saturated rings. The number of rotatable bonds is 4. The predicted octanol–water partition coefficient (Wildman–Crippen LogP) is 3.65. The molecule has 0 heterocycles. The Bertz CT molecular complexity index is 1050. The van der Waals surface area contributed by atoms with Gasteiger partial charge in [-0.15, -0.1) is 0 Å². The summed E-state index contributed by atoms with van der Waals surface area (Å²) in [6.07, 6.45) is 5.40. The Morgan fingerprint density at radius 2 is 1.82 bits per heavy atom. The first-order valence-corrected chi connectivity index (χ1v) is 12.5. The maximum atomic E-state index is 13.3. The molecule has 6 nitrogen and oxygen atoms in total. The first-order chi connectivity index (χ1) is 16.1. The second-order valence-electron chi connectivity index (χ2n) is 11.3. The zero-order valence-electron chi connectivity index (χ0n) is 20.0. The summed E-state index contributed by atoms with van der Waals surface area (Å²) in [6.45, 7) is 3.63. The molecule has 5 rings (SSSR count). The van der Waals surface area contributed by atoms with Crippen molar-refractivity contribution in [1.82, 2.24) is 0 Å². The third kappa shape index (κ3) is 3.33. The van der Waals surface area contributed by atoms with Crippen molar-refractivity contribution in [3.8, 4) is 0 Å². The van der Waals surface area contributed by atoms with E-state index in [9.17, 15) is 24.6 Å². The normalized spacial score (nSPS) is 41.1. The van der Waals surface area contributed by atoms with Crippen molar-refractivity contribution in [2.45, 2.75) is 70.5 Å². The molecule has 3 saturated carbocycles. The van der Waals surface area contributed by atoms with E-state index in [1.165, 1.54) is 0 Å². The number of fused-ring (bicyclic) bond motifs is 5. The first-order valence-electron chi connectivity index (χ1n) is 12.5. The number of carbonyl (C=O) groups excluding carboxylic acids is 3. The fourth-order valence-corrected chi connectivity index (χ4v) is 8.06. The van der Waals surface area contributed by atoms with Gasteiger partial charge in [0.25, 0.3) is 0 Å². The summed E-state index contributed by atoms with van der Waals surface area (Å²) < 4.78 is 5.27. The van der Waals surface area contributed by atoms with Crippen LogP contribution in [-0.4, -0.2) is 46.1 Å². The van der Waals surface area contributed by atoms with Gasteiger partial charge in [0.15, 0.2) is 12.4 Å². The minimum absolute atomic E-state index is 0.0204. The van der Waals surface area contributed by atoms with Crippen LogP contribution in [0.2, 0.25) is 0 Å². The Morgan fingerprint density at radius 3 is 2.56 bits per heavy atom. The minimum atomic E-state index is -1.64. The third-order valence-corrected chi connectivity index (χ3v) is 9.85. The fourth-order valence-electron chi connectivity index (χ4n) is 8.06. The number of hydrogen-bond acceptors (Lipinski definition) is 6. The SMILES string of the molecule is C[C@]12CCC(=O)C=C1CC[C@H]1[C@@H]2[C@H](O)C[C@]2(C)[C@H]1CC[C@]2(O)C(=O)COC(=O)c1ccccc1. The van der Waals surface area contributed by atoms with E-state index < -0.39 is 35.5 Å². The molecule has 0 aromatic heterocycles. The molecule has 6 heteroatoms. The lowest BCUT2D eigenvalue weighted by Gasteiger charge is -2.60. The standard InChI is InChI=1S/C28H34O6/c1-26-12-10-19(29)14-18(26)8-9-20-21-11-13-28(33,27(21,2)15-22(30)24(20)26)23(31)16-34-25(32)17-6-4-3-5-7-17/h3-7,14,20-22,24,30,33H,8-13,15-16H2,1-2H3/t20-,21+,22-,24-,26+,27-,28+/m1/s1. The molecular weight excluding hydrogens is 432 g/mol. The number of ketones is 2. The van der Waals surface area contributed by atoms with Crippen molar-refractivity contribution >= 4 is 17.5 Å². The monoisotopic (exact) mass is 466 g/mol. The van der Waals surface area contributed by atoms with Crippen LogP contribution in [-0.2, 0) is 14.3 Å². The first kappa shape index (κ1) is 23.4. The van der Waals surface area contributed by atoms with Crippen molar-refractivity contribution in [2.24, 2.45) is 28.6 Å². The molecule has 0 unspecified atom stereocenters. The number of allylic oxidation sites excluding steroid dienone is 1. The van der Waals surface area contributed by atoms with E-state index in [1.54, 1.807) is 36.4 Å². The van der Waals surface area contributed by atoms with Crippen LogP contribution in [0.15, 0.2) is 42.0 Å². The third-order valence-electron chi connectivity index (χ3n) is 9.85. The summed E-state index contributed by atoms with van der Waals surface area (Å²) in [5.41, 5.74) is -1.12. The quantitative estimate of drug-likeness (QED) is 0.657. The van der Waals surface area contributed by atoms with Gasteiger partial charge in [-0.25, -0.2) is 4.79 Å². The lowest BCUT2D eigenvalue weighted by molar-refractivity contribution is -0.182. The van der Waals surface area contributed by atoms with Gasteiger partial charge in [-0.3, -0.25) is 9.59 Å². The van der Waals surface area contributed by atoms with Crippen molar-refractivity contribution in [2.75, 3.05) is 6.61 Å². The minimum Gasteiger partial charge on any atom is -0.454 e. The number of aliphatic hydroxyl groups is 2. The van der Waals surface area contributed by atoms with E-state index >= 15 is 0 Å². The van der Waals surface area contributed by atoms with Crippen LogP contribution in [0.5, 0.6) is 0 Å². The number of benzene rings is 1. The molecule has 0 aliphatic heterocycles. The number of aliphatic hydroxyl groups excluding tert-OH is 1. The van der Waals surface area contributed by atoms with Gasteiger partial charge in [0.1, 0.15) is 5.60 Å². The van der Waals surface area contributed by atoms with Crippen molar-refractivity contribution < 1.29 is 29.3 Å². The van der Waals surface area contributed by atoms with Crippen LogP contribution in [0.1, 0.15) is 69.2 Å². The summed E-state index contributed by atoms with van der Waals surface area (Å²) in [5.74, 6) is -0.613. The fraction of sp³-hybridized carbons (Fsp3) is 0.607. The number of carbonyl (C=O) groups is 3. The van der Waals surface area contributed by atoms with Crippen molar-refractivity contribution in [3.05, 3.63) is 47.5 Å². The van der Waals surface area contributed by atoms with E-state index in [2.05, 4.69) is 6.92 Å². The van der Waals surface area contributed by atoms with Gasteiger partial charge in [-0.2, -0.15) is 0 Å². The molecule has 2 N–H and O–H groups in total. The predicted molar refractivity (Wildman–Crippen MR) is 125 cm³/mol. The smallest absolute Gasteiger partial charge is 0.338 e. The van der Waals surface area contributed by atoms with Gasteiger partial charge in [0.05, 0.1) is 11.7 Å². The van der Waals surface area contributed by atoms with E-state index in [-0.39, 0.29) is 29.0 Å². The van der Waals surface area contributed by atoms with Crippen LogP contribution >= 0.6 is 0 Å². The molecule has 0 amide bonds. The summed E-state index contributed by atoms with van der Waals surface area (Å²) in [6, 6.07) is 8.49.